The normalized spacial score (nSPS) is 10.7. The molecule has 1 N–H and O–H groups in total. The predicted octanol–water partition coefficient (Wildman–Crippen LogP) is 3.43. The van der Waals surface area contributed by atoms with Crippen LogP contribution in [0, 0.1) is 5.82 Å². The van der Waals surface area contributed by atoms with Crippen molar-refractivity contribution in [3.05, 3.63) is 71.6 Å². The molecule has 0 saturated heterocycles. The molecule has 2 rings (SSSR count). The molecule has 0 saturated carbocycles. The molecule has 2 nitrogen and oxygen atoms in total. The maximum Gasteiger partial charge on any atom is 0.189 e. The third-order valence-corrected chi connectivity index (χ3v) is 2.45. The van der Waals surface area contributed by atoms with Crippen molar-refractivity contribution >= 4 is 11.9 Å². The number of allylic oxidation sites excluding steroid dienone is 1. The van der Waals surface area contributed by atoms with Crippen LogP contribution in [0.25, 0.3) is 6.08 Å². The summed E-state index contributed by atoms with van der Waals surface area (Å²) < 4.78 is 12.9. The highest BCUT2D eigenvalue weighted by molar-refractivity contribution is 6.08. The van der Waals surface area contributed by atoms with Crippen LogP contribution in [-0.4, -0.2) is 10.9 Å². The first kappa shape index (κ1) is 12.0. The number of para-hydroxylation sites is 1. The minimum atomic E-state index is -0.354. The van der Waals surface area contributed by atoms with Crippen LogP contribution in [0.5, 0.6) is 5.75 Å². The molecule has 0 aliphatic heterocycles. The Morgan fingerprint density at radius 2 is 1.89 bits per heavy atom. The van der Waals surface area contributed by atoms with E-state index in [0.29, 0.717) is 5.56 Å². The minimum Gasteiger partial charge on any atom is -0.507 e. The Morgan fingerprint density at radius 1 is 1.11 bits per heavy atom. The summed E-state index contributed by atoms with van der Waals surface area (Å²) in [6.45, 7) is 0. The largest absolute Gasteiger partial charge is 0.507 e. The molecule has 0 bridgehead atoms. The molecule has 0 atom stereocenters. The second-order valence-electron chi connectivity index (χ2n) is 3.77. The van der Waals surface area contributed by atoms with Crippen LogP contribution in [0.15, 0.2) is 54.6 Å². The third-order valence-electron chi connectivity index (χ3n) is 2.45. The number of phenols is 1. The van der Waals surface area contributed by atoms with Crippen molar-refractivity contribution in [3.63, 3.8) is 0 Å². The summed E-state index contributed by atoms with van der Waals surface area (Å²) in [5.41, 5.74) is 0.823. The molecule has 0 radical (unpaired) electrons. The fourth-order valence-electron chi connectivity index (χ4n) is 1.55. The average Bonchev–Trinajstić information content (AvgIpc) is 2.37. The Balaban J connectivity index is 2.20. The maximum atomic E-state index is 12.9. The Morgan fingerprint density at radius 3 is 2.61 bits per heavy atom. The highest BCUT2D eigenvalue weighted by Gasteiger charge is 2.06. The summed E-state index contributed by atoms with van der Waals surface area (Å²) in [4.78, 5) is 11.8. The van der Waals surface area contributed by atoms with Crippen molar-refractivity contribution in [1.82, 2.24) is 0 Å². The molecule has 0 fully saturated rings. The SMILES string of the molecule is O=C(C=Cc1cccc(F)c1)c1ccccc1O. The van der Waals surface area contributed by atoms with Crippen molar-refractivity contribution < 1.29 is 14.3 Å². The van der Waals surface area contributed by atoms with Crippen molar-refractivity contribution in [2.75, 3.05) is 0 Å². The van der Waals surface area contributed by atoms with Gasteiger partial charge in [0.1, 0.15) is 11.6 Å². The Kier molecular flexibility index (Phi) is 3.53. The van der Waals surface area contributed by atoms with E-state index in [4.69, 9.17) is 0 Å². The van der Waals surface area contributed by atoms with E-state index in [0.717, 1.165) is 0 Å². The monoisotopic (exact) mass is 242 g/mol. The van der Waals surface area contributed by atoms with Gasteiger partial charge in [-0.15, -0.1) is 0 Å². The van der Waals surface area contributed by atoms with Crippen LogP contribution in [0.3, 0.4) is 0 Å². The van der Waals surface area contributed by atoms with Gasteiger partial charge in [-0.3, -0.25) is 4.79 Å². The molecule has 90 valence electrons. The molecule has 0 spiro atoms. The summed E-state index contributed by atoms with van der Waals surface area (Å²) in [6, 6.07) is 12.2. The van der Waals surface area contributed by atoms with E-state index in [1.165, 1.54) is 36.4 Å². The predicted molar refractivity (Wildman–Crippen MR) is 67.9 cm³/mol. The number of halogens is 1. The molecular weight excluding hydrogens is 231 g/mol. The summed E-state index contributed by atoms with van der Waals surface area (Å²) in [6.07, 6.45) is 2.82. The summed E-state index contributed by atoms with van der Waals surface area (Å²) in [7, 11) is 0. The number of ketones is 1. The first-order chi connectivity index (χ1) is 8.66. The summed E-state index contributed by atoms with van der Waals surface area (Å²) in [5, 5.41) is 9.51. The molecule has 2 aromatic carbocycles. The lowest BCUT2D eigenvalue weighted by Crippen LogP contribution is -1.94. The Labute approximate surface area is 104 Å². The van der Waals surface area contributed by atoms with E-state index < -0.39 is 0 Å². The van der Waals surface area contributed by atoms with Crippen LogP contribution in [0.1, 0.15) is 15.9 Å². The second-order valence-corrected chi connectivity index (χ2v) is 3.77. The van der Waals surface area contributed by atoms with Crippen LogP contribution in [0.4, 0.5) is 4.39 Å². The molecular formula is C15H11FO2. The standard InChI is InChI=1S/C15H11FO2/c16-12-5-3-4-11(10-12)8-9-15(18)13-6-1-2-7-14(13)17/h1-10,17H. The van der Waals surface area contributed by atoms with Gasteiger partial charge in [0.05, 0.1) is 5.56 Å². The quantitative estimate of drug-likeness (QED) is 0.661. The second kappa shape index (κ2) is 5.27. The van der Waals surface area contributed by atoms with Gasteiger partial charge in [-0.25, -0.2) is 4.39 Å². The maximum absolute atomic E-state index is 12.9. The van der Waals surface area contributed by atoms with Gasteiger partial charge < -0.3 is 5.11 Å². The van der Waals surface area contributed by atoms with Crippen molar-refractivity contribution in [1.29, 1.82) is 0 Å². The third kappa shape index (κ3) is 2.83. The van der Waals surface area contributed by atoms with Gasteiger partial charge in [-0.2, -0.15) is 0 Å². The zero-order valence-corrected chi connectivity index (χ0v) is 9.51. The van der Waals surface area contributed by atoms with Gasteiger partial charge in [-0.1, -0.05) is 30.3 Å². The minimum absolute atomic E-state index is 0.0635. The molecule has 0 heterocycles. The number of hydrogen-bond donors (Lipinski definition) is 1. The van der Waals surface area contributed by atoms with Gasteiger partial charge in [-0.05, 0) is 35.9 Å². The number of carbonyl (C=O) groups is 1. The van der Waals surface area contributed by atoms with E-state index in [1.807, 2.05) is 0 Å². The van der Waals surface area contributed by atoms with Crippen LogP contribution in [0.2, 0.25) is 0 Å². The summed E-state index contributed by atoms with van der Waals surface area (Å²) in [5.74, 6) is -0.740. The number of hydrogen-bond acceptors (Lipinski definition) is 2. The van der Waals surface area contributed by atoms with Gasteiger partial charge in [0.25, 0.3) is 0 Å². The fourth-order valence-corrected chi connectivity index (χ4v) is 1.55. The molecule has 3 heteroatoms. The molecule has 2 aromatic rings. The number of benzene rings is 2. The van der Waals surface area contributed by atoms with Crippen LogP contribution in [-0.2, 0) is 0 Å². The number of phenolic OH excluding ortho intramolecular Hbond substituents is 1. The van der Waals surface area contributed by atoms with Gasteiger partial charge in [0.2, 0.25) is 0 Å². The van der Waals surface area contributed by atoms with Crippen molar-refractivity contribution in [3.8, 4) is 5.75 Å². The van der Waals surface area contributed by atoms with Gasteiger partial charge in [0, 0.05) is 0 Å². The van der Waals surface area contributed by atoms with Crippen LogP contribution < -0.4 is 0 Å². The highest BCUT2D eigenvalue weighted by atomic mass is 19.1. The molecule has 0 aliphatic carbocycles. The zero-order valence-electron chi connectivity index (χ0n) is 9.51. The highest BCUT2D eigenvalue weighted by Crippen LogP contribution is 2.17. The van der Waals surface area contributed by atoms with E-state index in [2.05, 4.69) is 0 Å². The summed E-state index contributed by atoms with van der Waals surface area (Å²) >= 11 is 0. The van der Waals surface area contributed by atoms with E-state index in [9.17, 15) is 14.3 Å². The Bertz CT molecular complexity index is 603. The first-order valence-corrected chi connectivity index (χ1v) is 5.43. The number of aromatic hydroxyl groups is 1. The van der Waals surface area contributed by atoms with E-state index in [-0.39, 0.29) is 22.9 Å². The molecule has 0 aliphatic rings. The van der Waals surface area contributed by atoms with E-state index in [1.54, 1.807) is 24.3 Å². The Hall–Kier alpha value is -2.42. The molecule has 0 unspecified atom stereocenters. The lowest BCUT2D eigenvalue weighted by atomic mass is 10.1. The lowest BCUT2D eigenvalue weighted by Gasteiger charge is -1.99. The molecule has 18 heavy (non-hydrogen) atoms. The fraction of sp³-hybridized carbons (Fsp3) is 0. The van der Waals surface area contributed by atoms with Gasteiger partial charge >= 0.3 is 0 Å². The average molecular weight is 242 g/mol. The number of rotatable bonds is 3. The van der Waals surface area contributed by atoms with Crippen molar-refractivity contribution in [2.45, 2.75) is 0 Å². The lowest BCUT2D eigenvalue weighted by molar-refractivity contribution is 0.104. The zero-order chi connectivity index (χ0) is 13.0. The smallest absolute Gasteiger partial charge is 0.189 e. The topological polar surface area (TPSA) is 37.3 Å². The first-order valence-electron chi connectivity index (χ1n) is 5.43. The van der Waals surface area contributed by atoms with E-state index >= 15 is 0 Å². The van der Waals surface area contributed by atoms with Crippen molar-refractivity contribution in [2.24, 2.45) is 0 Å². The van der Waals surface area contributed by atoms with Crippen LogP contribution >= 0.6 is 0 Å². The number of carbonyl (C=O) groups excluding carboxylic acids is 1. The van der Waals surface area contributed by atoms with Gasteiger partial charge in [0.15, 0.2) is 5.78 Å². The molecule has 0 amide bonds. The molecule has 0 aromatic heterocycles.